The molecule has 0 saturated heterocycles. The van der Waals surface area contributed by atoms with Gasteiger partial charge in [0.25, 0.3) is 0 Å². The maximum atomic E-state index is 13.5. The second-order valence-corrected chi connectivity index (χ2v) is 7.58. The Morgan fingerprint density at radius 1 is 0.848 bits per heavy atom. The summed E-state index contributed by atoms with van der Waals surface area (Å²) in [6.45, 7) is 2.06. The molecule has 1 unspecified atom stereocenters. The second kappa shape index (κ2) is 9.00. The summed E-state index contributed by atoms with van der Waals surface area (Å²) in [5, 5.41) is 12.2. The highest BCUT2D eigenvalue weighted by molar-refractivity contribution is 5.77. The van der Waals surface area contributed by atoms with Crippen molar-refractivity contribution in [3.63, 3.8) is 0 Å². The molecule has 0 amide bonds. The summed E-state index contributed by atoms with van der Waals surface area (Å²) in [7, 11) is 0. The summed E-state index contributed by atoms with van der Waals surface area (Å²) in [5.41, 5.74) is 4.69. The van der Waals surface area contributed by atoms with Crippen LogP contribution in [0, 0.1) is 5.82 Å². The van der Waals surface area contributed by atoms with Gasteiger partial charge in [0.2, 0.25) is 5.95 Å². The lowest BCUT2D eigenvalue weighted by atomic mass is 10.1. The van der Waals surface area contributed by atoms with E-state index in [1.54, 1.807) is 23.0 Å². The van der Waals surface area contributed by atoms with Crippen LogP contribution in [0.5, 0.6) is 0 Å². The highest BCUT2D eigenvalue weighted by Crippen LogP contribution is 2.31. The topological polar surface area (TPSA) is 68.5 Å². The smallest absolute Gasteiger partial charge is 0.223 e. The fourth-order valence-electron chi connectivity index (χ4n) is 3.64. The lowest BCUT2D eigenvalue weighted by Crippen LogP contribution is -2.10. The van der Waals surface area contributed by atoms with Gasteiger partial charge in [-0.15, -0.1) is 5.10 Å². The fraction of sp³-hybridized carbons (Fsp3) is 0.0769. The van der Waals surface area contributed by atoms with Crippen molar-refractivity contribution in [2.75, 3.05) is 5.32 Å². The van der Waals surface area contributed by atoms with E-state index in [1.807, 2.05) is 54.6 Å². The summed E-state index contributed by atoms with van der Waals surface area (Å²) in [6, 6.07) is 27.9. The number of para-hydroxylation sites is 1. The molecular weight excluding hydrogens is 415 g/mol. The Morgan fingerprint density at radius 2 is 1.55 bits per heavy atom. The number of anilines is 1. The maximum Gasteiger partial charge on any atom is 0.223 e. The van der Waals surface area contributed by atoms with E-state index in [2.05, 4.69) is 39.7 Å². The molecule has 2 heterocycles. The van der Waals surface area contributed by atoms with Crippen LogP contribution < -0.4 is 5.32 Å². The molecule has 5 rings (SSSR count). The van der Waals surface area contributed by atoms with Gasteiger partial charge in [0.05, 0.1) is 17.4 Å². The van der Waals surface area contributed by atoms with Gasteiger partial charge in [-0.3, -0.25) is 0 Å². The third-order valence-corrected chi connectivity index (χ3v) is 5.33. The molecule has 1 atom stereocenters. The number of nitrogens with zero attached hydrogens (tertiary/aromatic N) is 5. The Kier molecular flexibility index (Phi) is 5.59. The van der Waals surface area contributed by atoms with Crippen LogP contribution in [0.3, 0.4) is 0 Å². The Hall–Kier alpha value is -4.39. The van der Waals surface area contributed by atoms with Crippen molar-refractivity contribution in [2.45, 2.75) is 13.0 Å². The molecule has 5 aromatic rings. The molecule has 0 aliphatic rings. The first-order valence-corrected chi connectivity index (χ1v) is 10.6. The predicted molar refractivity (Wildman–Crippen MR) is 126 cm³/mol. The highest BCUT2D eigenvalue weighted by Gasteiger charge is 2.20. The first kappa shape index (κ1) is 20.5. The number of rotatable bonds is 6. The first-order chi connectivity index (χ1) is 16.2. The number of hydrogen-bond acceptors (Lipinski definition) is 5. The zero-order valence-electron chi connectivity index (χ0n) is 17.9. The Labute approximate surface area is 190 Å². The van der Waals surface area contributed by atoms with Gasteiger partial charge in [0.1, 0.15) is 17.2 Å². The van der Waals surface area contributed by atoms with E-state index in [1.165, 1.54) is 12.1 Å². The summed E-state index contributed by atoms with van der Waals surface area (Å²) in [6.07, 6.45) is 1.71. The molecule has 0 radical (unpaired) electrons. The quantitative estimate of drug-likeness (QED) is 0.370. The first-order valence-electron chi connectivity index (χ1n) is 10.6. The molecule has 0 aliphatic carbocycles. The number of halogens is 1. The van der Waals surface area contributed by atoms with E-state index in [4.69, 9.17) is 4.98 Å². The molecule has 162 valence electrons. The van der Waals surface area contributed by atoms with Crippen LogP contribution in [0.25, 0.3) is 28.3 Å². The molecule has 0 fully saturated rings. The molecule has 0 aliphatic heterocycles. The third-order valence-electron chi connectivity index (χ3n) is 5.33. The minimum atomic E-state index is -0.306. The van der Waals surface area contributed by atoms with Crippen molar-refractivity contribution in [3.8, 4) is 28.3 Å². The monoisotopic (exact) mass is 436 g/mol. The van der Waals surface area contributed by atoms with Crippen molar-refractivity contribution in [3.05, 3.63) is 109 Å². The van der Waals surface area contributed by atoms with E-state index >= 15 is 0 Å². The van der Waals surface area contributed by atoms with Gasteiger partial charge in [-0.05, 0) is 55.0 Å². The molecule has 0 bridgehead atoms. The van der Waals surface area contributed by atoms with Gasteiger partial charge >= 0.3 is 0 Å². The minimum Gasteiger partial charge on any atom is -0.348 e. The summed E-state index contributed by atoms with van der Waals surface area (Å²) >= 11 is 0. The normalized spacial score (nSPS) is 11.8. The van der Waals surface area contributed by atoms with Crippen LogP contribution in [0.1, 0.15) is 18.5 Å². The predicted octanol–water partition coefficient (Wildman–Crippen LogP) is 5.70. The van der Waals surface area contributed by atoms with Gasteiger partial charge in [-0.1, -0.05) is 53.7 Å². The van der Waals surface area contributed by atoms with Crippen LogP contribution >= 0.6 is 0 Å². The second-order valence-electron chi connectivity index (χ2n) is 7.58. The number of aromatic nitrogens is 5. The van der Waals surface area contributed by atoms with Crippen LogP contribution in [0.2, 0.25) is 0 Å². The Morgan fingerprint density at radius 3 is 2.27 bits per heavy atom. The van der Waals surface area contributed by atoms with Crippen molar-refractivity contribution in [1.29, 1.82) is 0 Å². The number of nitrogens with one attached hydrogen (secondary N) is 1. The van der Waals surface area contributed by atoms with Crippen molar-refractivity contribution in [2.24, 2.45) is 0 Å². The molecule has 1 N–H and O–H groups in total. The molecule has 0 saturated carbocycles. The van der Waals surface area contributed by atoms with Crippen LogP contribution in [-0.2, 0) is 0 Å². The van der Waals surface area contributed by atoms with Gasteiger partial charge in [0, 0.05) is 11.8 Å². The highest BCUT2D eigenvalue weighted by atomic mass is 19.1. The van der Waals surface area contributed by atoms with Crippen LogP contribution in [0.4, 0.5) is 10.3 Å². The van der Waals surface area contributed by atoms with Gasteiger partial charge in [-0.25, -0.2) is 19.0 Å². The summed E-state index contributed by atoms with van der Waals surface area (Å²) < 4.78 is 15.3. The van der Waals surface area contributed by atoms with E-state index in [-0.39, 0.29) is 11.9 Å². The molecular formula is C26H21FN6. The van der Waals surface area contributed by atoms with Gasteiger partial charge in [-0.2, -0.15) is 0 Å². The van der Waals surface area contributed by atoms with Gasteiger partial charge in [0.15, 0.2) is 0 Å². The third kappa shape index (κ3) is 4.34. The Balaban J connectivity index is 1.58. The largest absolute Gasteiger partial charge is 0.348 e. The van der Waals surface area contributed by atoms with E-state index < -0.39 is 0 Å². The summed E-state index contributed by atoms with van der Waals surface area (Å²) in [4.78, 5) is 9.18. The average molecular weight is 436 g/mol. The number of benzene rings is 3. The standard InChI is InChI=1S/C26H21FN6/c1-18(19-8-4-2-5-9-19)29-26-28-17-16-23(30-26)25-24(20-12-14-21(27)15-13-20)31-32-33(25)22-10-6-3-7-11-22/h2-18H,1H3,(H,28,29,30). The zero-order chi connectivity index (χ0) is 22.6. The summed E-state index contributed by atoms with van der Waals surface area (Å²) in [5.74, 6) is 0.189. The minimum absolute atomic E-state index is 0.0233. The Bertz CT molecular complexity index is 1350. The SMILES string of the molecule is CC(Nc1nccc(-c2c(-c3ccc(F)cc3)nnn2-c2ccccc2)n1)c1ccccc1. The number of hydrogen-bond donors (Lipinski definition) is 1. The molecule has 33 heavy (non-hydrogen) atoms. The van der Waals surface area contributed by atoms with Crippen LogP contribution in [0.15, 0.2) is 97.2 Å². The maximum absolute atomic E-state index is 13.5. The van der Waals surface area contributed by atoms with Crippen molar-refractivity contribution < 1.29 is 4.39 Å². The van der Waals surface area contributed by atoms with E-state index in [0.29, 0.717) is 23.0 Å². The molecule has 7 heteroatoms. The van der Waals surface area contributed by atoms with Crippen molar-refractivity contribution in [1.82, 2.24) is 25.0 Å². The lowest BCUT2D eigenvalue weighted by molar-refractivity contribution is 0.628. The zero-order valence-corrected chi connectivity index (χ0v) is 17.9. The van der Waals surface area contributed by atoms with Gasteiger partial charge < -0.3 is 5.32 Å². The van der Waals surface area contributed by atoms with Crippen LogP contribution in [-0.4, -0.2) is 25.0 Å². The fourth-order valence-corrected chi connectivity index (χ4v) is 3.64. The molecule has 0 spiro atoms. The van der Waals surface area contributed by atoms with Crippen molar-refractivity contribution >= 4 is 5.95 Å². The van der Waals surface area contributed by atoms with E-state index in [0.717, 1.165) is 16.8 Å². The molecule has 6 nitrogen and oxygen atoms in total. The molecule has 3 aromatic carbocycles. The average Bonchev–Trinajstić information content (AvgIpc) is 3.31. The lowest BCUT2D eigenvalue weighted by Gasteiger charge is -2.15. The van der Waals surface area contributed by atoms with E-state index in [9.17, 15) is 4.39 Å². The molecule has 2 aromatic heterocycles.